The van der Waals surface area contributed by atoms with Crippen molar-refractivity contribution in [1.82, 2.24) is 0 Å². The molecule has 5 heteroatoms. The van der Waals surface area contributed by atoms with Gasteiger partial charge >= 0.3 is 71.1 Å². The number of rotatable bonds is 2. The van der Waals surface area contributed by atoms with Gasteiger partial charge in [-0.2, -0.15) is 0 Å². The molecule has 0 N–H and O–H groups in total. The molecule has 0 aliphatic rings. The molecule has 0 saturated carbocycles. The SMILES string of the molecule is O=C(OC(=O)c1cccc2ccccc12)c1cccc2ccccc12.[NaH].[NaH]. The first-order chi connectivity index (χ1) is 12.2. The maximum absolute atomic E-state index is 12.5. The van der Waals surface area contributed by atoms with E-state index in [4.69, 9.17) is 4.74 Å². The first-order valence-corrected chi connectivity index (χ1v) is 7.96. The van der Waals surface area contributed by atoms with Crippen LogP contribution < -0.4 is 0 Å². The molecular formula is C22H16Na2O3. The number of benzene rings is 4. The van der Waals surface area contributed by atoms with Crippen molar-refractivity contribution in [2.24, 2.45) is 0 Å². The second-order valence-corrected chi connectivity index (χ2v) is 5.73. The van der Waals surface area contributed by atoms with E-state index in [9.17, 15) is 9.59 Å². The summed E-state index contributed by atoms with van der Waals surface area (Å²) in [5, 5.41) is 3.38. The van der Waals surface area contributed by atoms with Crippen LogP contribution in [0.25, 0.3) is 21.5 Å². The molecule has 4 aromatic rings. The Kier molecular flexibility index (Phi) is 7.80. The van der Waals surface area contributed by atoms with E-state index < -0.39 is 11.9 Å². The topological polar surface area (TPSA) is 43.4 Å². The zero-order valence-electron chi connectivity index (χ0n) is 13.3. The molecule has 0 unspecified atom stereocenters. The molecule has 0 saturated heterocycles. The summed E-state index contributed by atoms with van der Waals surface area (Å²) in [5.74, 6) is -1.29. The summed E-state index contributed by atoms with van der Waals surface area (Å²) in [6, 6.07) is 25.7. The second kappa shape index (κ2) is 9.65. The Balaban J connectivity index is 0.00000131. The van der Waals surface area contributed by atoms with Crippen LogP contribution >= 0.6 is 0 Å². The molecule has 124 valence electrons. The zero-order valence-corrected chi connectivity index (χ0v) is 13.3. The number of hydrogen-bond acceptors (Lipinski definition) is 3. The molecule has 27 heavy (non-hydrogen) atoms. The molecule has 3 nitrogen and oxygen atoms in total. The standard InChI is InChI=1S/C22H14O3.2Na.2H/c23-21(19-13-5-9-15-7-1-3-11-17(15)19)25-22(24)20-14-6-10-16-8-2-4-12-18(16)20;;;;/h1-14H;;;;. The van der Waals surface area contributed by atoms with Crippen LogP contribution in [0.5, 0.6) is 0 Å². The third kappa shape index (κ3) is 4.52. The van der Waals surface area contributed by atoms with Crippen LogP contribution in [0, 0.1) is 0 Å². The van der Waals surface area contributed by atoms with Gasteiger partial charge in [0.15, 0.2) is 0 Å². The minimum atomic E-state index is -0.644. The molecule has 0 aliphatic heterocycles. The molecule has 0 aliphatic carbocycles. The average Bonchev–Trinajstić information content (AvgIpc) is 2.67. The van der Waals surface area contributed by atoms with Crippen molar-refractivity contribution in [2.45, 2.75) is 0 Å². The summed E-state index contributed by atoms with van der Waals surface area (Å²) < 4.78 is 5.16. The van der Waals surface area contributed by atoms with E-state index in [-0.39, 0.29) is 59.1 Å². The van der Waals surface area contributed by atoms with Gasteiger partial charge in [0.25, 0.3) is 0 Å². The molecule has 0 amide bonds. The van der Waals surface area contributed by atoms with Gasteiger partial charge in [-0.25, -0.2) is 9.59 Å². The van der Waals surface area contributed by atoms with Gasteiger partial charge < -0.3 is 4.74 Å². The van der Waals surface area contributed by atoms with E-state index in [1.165, 1.54) is 0 Å². The van der Waals surface area contributed by atoms with Crippen molar-refractivity contribution in [3.63, 3.8) is 0 Å². The van der Waals surface area contributed by atoms with Crippen LogP contribution in [0.4, 0.5) is 0 Å². The monoisotopic (exact) mass is 374 g/mol. The summed E-state index contributed by atoms with van der Waals surface area (Å²) in [5.41, 5.74) is 0.762. The molecular weight excluding hydrogens is 358 g/mol. The Morgan fingerprint density at radius 2 is 0.889 bits per heavy atom. The predicted octanol–water partition coefficient (Wildman–Crippen LogP) is 3.69. The predicted molar refractivity (Wildman–Crippen MR) is 112 cm³/mol. The number of carbonyl (C=O) groups excluding carboxylic acids is 2. The van der Waals surface area contributed by atoms with Gasteiger partial charge in [0.05, 0.1) is 11.1 Å². The Bertz CT molecular complexity index is 1020. The molecule has 4 aromatic carbocycles. The van der Waals surface area contributed by atoms with Crippen LogP contribution in [0.3, 0.4) is 0 Å². The normalized spacial score (nSPS) is 9.93. The third-order valence-electron chi connectivity index (χ3n) is 4.20. The van der Waals surface area contributed by atoms with Crippen molar-refractivity contribution in [3.8, 4) is 0 Å². The average molecular weight is 374 g/mol. The van der Waals surface area contributed by atoms with E-state index in [2.05, 4.69) is 0 Å². The fourth-order valence-electron chi connectivity index (χ4n) is 3.00. The van der Waals surface area contributed by atoms with Crippen LogP contribution in [0.15, 0.2) is 84.9 Å². The van der Waals surface area contributed by atoms with E-state index in [1.54, 1.807) is 24.3 Å². The van der Waals surface area contributed by atoms with Crippen LogP contribution in [0.2, 0.25) is 0 Å². The first-order valence-electron chi connectivity index (χ1n) is 7.96. The zero-order chi connectivity index (χ0) is 17.2. The molecule has 0 spiro atoms. The molecule has 0 bridgehead atoms. The summed E-state index contributed by atoms with van der Waals surface area (Å²) >= 11 is 0. The fraction of sp³-hybridized carbons (Fsp3) is 0. The van der Waals surface area contributed by atoms with Crippen molar-refractivity contribution < 1.29 is 14.3 Å². The summed E-state index contributed by atoms with van der Waals surface area (Å²) in [7, 11) is 0. The van der Waals surface area contributed by atoms with Crippen molar-refractivity contribution >= 4 is 92.6 Å². The molecule has 4 rings (SSSR count). The number of carbonyl (C=O) groups is 2. The Morgan fingerprint density at radius 3 is 1.33 bits per heavy atom. The van der Waals surface area contributed by atoms with Crippen molar-refractivity contribution in [2.75, 3.05) is 0 Å². The minimum absolute atomic E-state index is 0. The number of esters is 2. The van der Waals surface area contributed by atoms with E-state index in [1.807, 2.05) is 60.7 Å². The van der Waals surface area contributed by atoms with Gasteiger partial charge in [-0.15, -0.1) is 0 Å². The molecule has 0 heterocycles. The van der Waals surface area contributed by atoms with Gasteiger partial charge in [0, 0.05) is 0 Å². The third-order valence-corrected chi connectivity index (χ3v) is 4.20. The van der Waals surface area contributed by atoms with Crippen LogP contribution in [-0.2, 0) is 4.74 Å². The molecule has 0 atom stereocenters. The maximum atomic E-state index is 12.5. The summed E-state index contributed by atoms with van der Waals surface area (Å²) in [6.45, 7) is 0. The van der Waals surface area contributed by atoms with Crippen molar-refractivity contribution in [3.05, 3.63) is 96.1 Å². The Morgan fingerprint density at radius 1 is 0.519 bits per heavy atom. The Labute approximate surface area is 201 Å². The molecule has 0 radical (unpaired) electrons. The van der Waals surface area contributed by atoms with Crippen molar-refractivity contribution in [1.29, 1.82) is 0 Å². The fourth-order valence-corrected chi connectivity index (χ4v) is 3.00. The van der Waals surface area contributed by atoms with Gasteiger partial charge in [-0.05, 0) is 33.7 Å². The molecule has 0 fully saturated rings. The van der Waals surface area contributed by atoms with E-state index in [0.29, 0.717) is 11.1 Å². The van der Waals surface area contributed by atoms with Crippen LogP contribution in [0.1, 0.15) is 20.7 Å². The van der Waals surface area contributed by atoms with E-state index >= 15 is 0 Å². The van der Waals surface area contributed by atoms with Gasteiger partial charge in [-0.1, -0.05) is 72.8 Å². The summed E-state index contributed by atoms with van der Waals surface area (Å²) in [6.07, 6.45) is 0. The van der Waals surface area contributed by atoms with E-state index in [0.717, 1.165) is 21.5 Å². The van der Waals surface area contributed by atoms with Crippen LogP contribution in [-0.4, -0.2) is 71.1 Å². The van der Waals surface area contributed by atoms with Gasteiger partial charge in [0.1, 0.15) is 0 Å². The summed E-state index contributed by atoms with van der Waals surface area (Å²) in [4.78, 5) is 25.1. The number of fused-ring (bicyclic) bond motifs is 2. The van der Waals surface area contributed by atoms with Gasteiger partial charge in [0.2, 0.25) is 0 Å². The second-order valence-electron chi connectivity index (χ2n) is 5.73. The Hall–Kier alpha value is -1.46. The number of hydrogen-bond donors (Lipinski definition) is 0. The first kappa shape index (κ1) is 21.8. The number of ether oxygens (including phenoxy) is 1. The van der Waals surface area contributed by atoms with Gasteiger partial charge in [-0.3, -0.25) is 0 Å². The quantitative estimate of drug-likeness (QED) is 0.305. The molecule has 0 aromatic heterocycles.